The normalized spacial score (nSPS) is 18.6. The van der Waals surface area contributed by atoms with E-state index in [1.165, 1.54) is 0 Å². The van der Waals surface area contributed by atoms with Gasteiger partial charge in [0.2, 0.25) is 0 Å². The van der Waals surface area contributed by atoms with Crippen LogP contribution >= 0.6 is 0 Å². The quantitative estimate of drug-likeness (QED) is 0.732. The minimum absolute atomic E-state index is 0.175. The molecule has 92 valence electrons. The number of hydrogen-bond donors (Lipinski definition) is 0. The molecule has 0 spiro atoms. The number of carbonyl (C=O) groups excluding carboxylic acids is 1. The van der Waals surface area contributed by atoms with Crippen molar-refractivity contribution in [3.63, 3.8) is 0 Å². The first-order valence-electron chi connectivity index (χ1n) is 6.24. The Morgan fingerprint density at radius 2 is 1.81 bits per heavy atom. The van der Waals surface area contributed by atoms with E-state index >= 15 is 0 Å². The van der Waals surface area contributed by atoms with E-state index in [-0.39, 0.29) is 5.41 Å². The number of ketones is 1. The molecule has 0 bridgehead atoms. The SMILES string of the molecule is C=C(C)N1CCC(CC(=O)C(C)(C)C)CC1. The summed E-state index contributed by atoms with van der Waals surface area (Å²) in [5, 5.41) is 0. The molecule has 0 atom stereocenters. The molecule has 1 aliphatic heterocycles. The second kappa shape index (κ2) is 5.03. The van der Waals surface area contributed by atoms with Gasteiger partial charge in [-0.05, 0) is 25.7 Å². The number of rotatable bonds is 3. The molecule has 0 N–H and O–H groups in total. The molecular formula is C14H25NO. The highest BCUT2D eigenvalue weighted by molar-refractivity contribution is 5.83. The Hall–Kier alpha value is -0.790. The van der Waals surface area contributed by atoms with E-state index in [9.17, 15) is 4.79 Å². The monoisotopic (exact) mass is 223 g/mol. The van der Waals surface area contributed by atoms with Crippen LogP contribution in [0.5, 0.6) is 0 Å². The van der Waals surface area contributed by atoms with Gasteiger partial charge in [0.1, 0.15) is 5.78 Å². The lowest BCUT2D eigenvalue weighted by molar-refractivity contribution is -0.127. The van der Waals surface area contributed by atoms with Gasteiger partial charge in [0.25, 0.3) is 0 Å². The fraction of sp³-hybridized carbons (Fsp3) is 0.786. The molecule has 1 rings (SSSR count). The Kier molecular flexibility index (Phi) is 4.17. The Morgan fingerprint density at radius 3 is 2.19 bits per heavy atom. The van der Waals surface area contributed by atoms with E-state index < -0.39 is 0 Å². The Morgan fingerprint density at radius 1 is 1.31 bits per heavy atom. The zero-order valence-corrected chi connectivity index (χ0v) is 11.2. The van der Waals surface area contributed by atoms with Gasteiger partial charge in [-0.2, -0.15) is 0 Å². The topological polar surface area (TPSA) is 20.3 Å². The third-order valence-electron chi connectivity index (χ3n) is 3.46. The summed E-state index contributed by atoms with van der Waals surface area (Å²) in [6.45, 7) is 14.2. The first-order valence-corrected chi connectivity index (χ1v) is 6.24. The predicted molar refractivity (Wildman–Crippen MR) is 68.2 cm³/mol. The number of Topliss-reactive ketones (excluding diaryl/α,β-unsaturated/α-hetero) is 1. The highest BCUT2D eigenvalue weighted by Crippen LogP contribution is 2.27. The van der Waals surface area contributed by atoms with Crippen LogP contribution in [0.1, 0.15) is 47.0 Å². The average molecular weight is 223 g/mol. The molecule has 0 aromatic heterocycles. The minimum atomic E-state index is -0.175. The number of carbonyl (C=O) groups is 1. The van der Waals surface area contributed by atoms with Gasteiger partial charge in [-0.25, -0.2) is 0 Å². The highest BCUT2D eigenvalue weighted by atomic mass is 16.1. The highest BCUT2D eigenvalue weighted by Gasteiger charge is 2.26. The summed E-state index contributed by atoms with van der Waals surface area (Å²) in [7, 11) is 0. The summed E-state index contributed by atoms with van der Waals surface area (Å²) in [5.74, 6) is 0.989. The largest absolute Gasteiger partial charge is 0.376 e. The number of likely N-dealkylation sites (tertiary alicyclic amines) is 1. The molecule has 0 aromatic rings. The van der Waals surface area contributed by atoms with Crippen LogP contribution in [0, 0.1) is 11.3 Å². The van der Waals surface area contributed by atoms with E-state index in [0.717, 1.165) is 38.0 Å². The molecule has 2 nitrogen and oxygen atoms in total. The fourth-order valence-corrected chi connectivity index (χ4v) is 2.09. The van der Waals surface area contributed by atoms with E-state index in [2.05, 4.69) is 18.4 Å². The summed E-state index contributed by atoms with van der Waals surface area (Å²) in [6.07, 6.45) is 3.02. The second-order valence-corrected chi connectivity index (χ2v) is 6.04. The van der Waals surface area contributed by atoms with Gasteiger partial charge in [-0.3, -0.25) is 4.79 Å². The Bertz CT molecular complexity index is 267. The zero-order chi connectivity index (χ0) is 12.3. The Labute approximate surface area is 99.7 Å². The van der Waals surface area contributed by atoms with Gasteiger partial charge < -0.3 is 4.90 Å². The number of hydrogen-bond acceptors (Lipinski definition) is 2. The van der Waals surface area contributed by atoms with Crippen molar-refractivity contribution in [1.82, 2.24) is 4.90 Å². The number of nitrogens with zero attached hydrogens (tertiary/aromatic N) is 1. The van der Waals surface area contributed by atoms with Crippen LogP contribution in [-0.4, -0.2) is 23.8 Å². The van der Waals surface area contributed by atoms with E-state index in [4.69, 9.17) is 0 Å². The molecule has 0 saturated carbocycles. The van der Waals surface area contributed by atoms with Gasteiger partial charge in [0.05, 0.1) is 0 Å². The van der Waals surface area contributed by atoms with Crippen molar-refractivity contribution in [3.8, 4) is 0 Å². The molecule has 0 radical (unpaired) electrons. The van der Waals surface area contributed by atoms with Crippen molar-refractivity contribution in [2.75, 3.05) is 13.1 Å². The molecule has 1 saturated heterocycles. The molecule has 2 heteroatoms. The lowest BCUT2D eigenvalue weighted by Gasteiger charge is -2.34. The standard InChI is InChI=1S/C14H25NO/c1-11(2)15-8-6-12(7-9-15)10-13(16)14(3,4)5/h12H,1,6-10H2,2-5H3. The van der Waals surface area contributed by atoms with Crippen molar-refractivity contribution >= 4 is 5.78 Å². The van der Waals surface area contributed by atoms with Crippen molar-refractivity contribution in [2.24, 2.45) is 11.3 Å². The third-order valence-corrected chi connectivity index (χ3v) is 3.46. The lowest BCUT2D eigenvalue weighted by Crippen LogP contribution is -2.34. The molecule has 0 aromatic carbocycles. The summed E-state index contributed by atoms with van der Waals surface area (Å²) in [4.78, 5) is 14.2. The van der Waals surface area contributed by atoms with Gasteiger partial charge in [0.15, 0.2) is 0 Å². The lowest BCUT2D eigenvalue weighted by atomic mass is 9.82. The molecular weight excluding hydrogens is 198 g/mol. The van der Waals surface area contributed by atoms with Crippen LogP contribution in [0.25, 0.3) is 0 Å². The third kappa shape index (κ3) is 3.66. The molecule has 0 aliphatic carbocycles. The second-order valence-electron chi connectivity index (χ2n) is 6.04. The summed E-state index contributed by atoms with van der Waals surface area (Å²) < 4.78 is 0. The molecule has 1 heterocycles. The van der Waals surface area contributed by atoms with Crippen molar-refractivity contribution in [1.29, 1.82) is 0 Å². The van der Waals surface area contributed by atoms with Crippen LogP contribution in [0.3, 0.4) is 0 Å². The predicted octanol–water partition coefficient (Wildman–Crippen LogP) is 3.24. The summed E-state index contributed by atoms with van der Waals surface area (Å²) >= 11 is 0. The maximum atomic E-state index is 11.9. The molecule has 16 heavy (non-hydrogen) atoms. The molecule has 1 aliphatic rings. The van der Waals surface area contributed by atoms with Crippen LogP contribution < -0.4 is 0 Å². The molecule has 0 unspecified atom stereocenters. The van der Waals surface area contributed by atoms with Gasteiger partial charge in [0, 0.05) is 30.6 Å². The van der Waals surface area contributed by atoms with Gasteiger partial charge in [-0.15, -0.1) is 0 Å². The van der Waals surface area contributed by atoms with Gasteiger partial charge in [-0.1, -0.05) is 27.4 Å². The van der Waals surface area contributed by atoms with Crippen LogP contribution in [0.4, 0.5) is 0 Å². The van der Waals surface area contributed by atoms with Crippen LogP contribution in [0.15, 0.2) is 12.3 Å². The van der Waals surface area contributed by atoms with E-state index in [1.54, 1.807) is 0 Å². The number of allylic oxidation sites excluding steroid dienone is 1. The Balaban J connectivity index is 2.38. The first kappa shape index (κ1) is 13.3. The minimum Gasteiger partial charge on any atom is -0.376 e. The van der Waals surface area contributed by atoms with Crippen molar-refractivity contribution in [2.45, 2.75) is 47.0 Å². The number of piperidine rings is 1. The zero-order valence-electron chi connectivity index (χ0n) is 11.2. The maximum Gasteiger partial charge on any atom is 0.138 e. The van der Waals surface area contributed by atoms with Crippen molar-refractivity contribution < 1.29 is 4.79 Å². The summed E-state index contributed by atoms with van der Waals surface area (Å²) in [5.41, 5.74) is 0.978. The fourth-order valence-electron chi connectivity index (χ4n) is 2.09. The first-order chi connectivity index (χ1) is 7.30. The van der Waals surface area contributed by atoms with Gasteiger partial charge >= 0.3 is 0 Å². The van der Waals surface area contributed by atoms with E-state index in [0.29, 0.717) is 11.7 Å². The van der Waals surface area contributed by atoms with Crippen LogP contribution in [-0.2, 0) is 4.79 Å². The maximum absolute atomic E-state index is 11.9. The molecule has 1 fully saturated rings. The van der Waals surface area contributed by atoms with Crippen LogP contribution in [0.2, 0.25) is 0 Å². The smallest absolute Gasteiger partial charge is 0.138 e. The average Bonchev–Trinajstić information content (AvgIpc) is 2.17. The van der Waals surface area contributed by atoms with E-state index in [1.807, 2.05) is 20.8 Å². The van der Waals surface area contributed by atoms with Crippen molar-refractivity contribution in [3.05, 3.63) is 12.3 Å². The molecule has 0 amide bonds. The summed E-state index contributed by atoms with van der Waals surface area (Å²) in [6, 6.07) is 0.